The first-order chi connectivity index (χ1) is 13.5. The summed E-state index contributed by atoms with van der Waals surface area (Å²) in [5.41, 5.74) is 3.85. The Kier molecular flexibility index (Phi) is 4.90. The zero-order chi connectivity index (χ0) is 19.7. The Labute approximate surface area is 164 Å². The SMILES string of the molecule is Cc1c(-c2ccc(F)cc2)nnc(N2CCN(c3cnccn3)[C@H](C)C2)c1C. The lowest BCUT2D eigenvalue weighted by molar-refractivity contribution is 0.539. The summed E-state index contributed by atoms with van der Waals surface area (Å²) in [5.74, 6) is 1.56. The fourth-order valence-corrected chi connectivity index (χ4v) is 3.70. The van der Waals surface area contributed by atoms with Gasteiger partial charge in [-0.2, -0.15) is 0 Å². The topological polar surface area (TPSA) is 58.0 Å². The zero-order valence-electron chi connectivity index (χ0n) is 16.3. The van der Waals surface area contributed by atoms with Crippen molar-refractivity contribution in [2.45, 2.75) is 26.8 Å². The van der Waals surface area contributed by atoms with E-state index in [2.05, 4.69) is 43.8 Å². The molecule has 3 aromatic rings. The van der Waals surface area contributed by atoms with Crippen molar-refractivity contribution in [3.05, 3.63) is 59.8 Å². The lowest BCUT2D eigenvalue weighted by Gasteiger charge is -2.41. The molecule has 0 bridgehead atoms. The van der Waals surface area contributed by atoms with Gasteiger partial charge in [0, 0.05) is 43.6 Å². The van der Waals surface area contributed by atoms with E-state index in [9.17, 15) is 4.39 Å². The van der Waals surface area contributed by atoms with Crippen molar-refractivity contribution in [2.24, 2.45) is 0 Å². The van der Waals surface area contributed by atoms with Crippen molar-refractivity contribution in [1.29, 1.82) is 0 Å². The Bertz CT molecular complexity index is 961. The molecule has 7 heteroatoms. The number of hydrogen-bond donors (Lipinski definition) is 0. The van der Waals surface area contributed by atoms with Gasteiger partial charge in [-0.05, 0) is 56.2 Å². The maximum atomic E-state index is 13.2. The first-order valence-electron chi connectivity index (χ1n) is 9.42. The second-order valence-electron chi connectivity index (χ2n) is 7.18. The van der Waals surface area contributed by atoms with E-state index in [0.29, 0.717) is 0 Å². The van der Waals surface area contributed by atoms with Gasteiger partial charge in [0.15, 0.2) is 5.82 Å². The number of rotatable bonds is 3. The Morgan fingerprint density at radius 1 is 1.00 bits per heavy atom. The lowest BCUT2D eigenvalue weighted by atomic mass is 10.0. The predicted molar refractivity (Wildman–Crippen MR) is 108 cm³/mol. The second-order valence-corrected chi connectivity index (χ2v) is 7.18. The molecule has 6 nitrogen and oxygen atoms in total. The molecule has 3 heterocycles. The Hall–Kier alpha value is -3.09. The van der Waals surface area contributed by atoms with Crippen molar-refractivity contribution < 1.29 is 4.39 Å². The van der Waals surface area contributed by atoms with Crippen LogP contribution in [0.3, 0.4) is 0 Å². The normalized spacial score (nSPS) is 17.1. The van der Waals surface area contributed by atoms with Crippen LogP contribution in [0.2, 0.25) is 0 Å². The number of hydrogen-bond acceptors (Lipinski definition) is 6. The average Bonchev–Trinajstić information content (AvgIpc) is 2.71. The molecule has 4 rings (SSSR count). The van der Waals surface area contributed by atoms with Crippen LogP contribution >= 0.6 is 0 Å². The molecule has 28 heavy (non-hydrogen) atoms. The molecule has 1 atom stereocenters. The van der Waals surface area contributed by atoms with Gasteiger partial charge in [0.05, 0.1) is 11.9 Å². The van der Waals surface area contributed by atoms with E-state index < -0.39 is 0 Å². The van der Waals surface area contributed by atoms with Crippen LogP contribution in [0.4, 0.5) is 16.0 Å². The molecule has 144 valence electrons. The van der Waals surface area contributed by atoms with Crippen LogP contribution in [-0.2, 0) is 0 Å². The first kappa shape index (κ1) is 18.3. The summed E-state index contributed by atoms with van der Waals surface area (Å²) >= 11 is 0. The van der Waals surface area contributed by atoms with E-state index in [1.807, 2.05) is 6.92 Å². The highest BCUT2D eigenvalue weighted by atomic mass is 19.1. The van der Waals surface area contributed by atoms with Gasteiger partial charge in [-0.25, -0.2) is 9.37 Å². The van der Waals surface area contributed by atoms with Crippen molar-refractivity contribution in [3.8, 4) is 11.3 Å². The van der Waals surface area contributed by atoms with E-state index in [1.165, 1.54) is 12.1 Å². The summed E-state index contributed by atoms with van der Waals surface area (Å²) in [4.78, 5) is 13.2. The second kappa shape index (κ2) is 7.50. The largest absolute Gasteiger partial charge is 0.351 e. The molecule has 0 N–H and O–H groups in total. The minimum absolute atomic E-state index is 0.252. The number of aromatic nitrogens is 4. The molecule has 0 spiro atoms. The molecule has 1 aliphatic rings. The smallest absolute Gasteiger partial charge is 0.154 e. The number of piperazine rings is 1. The standard InChI is InChI=1S/C21H23FN6/c1-14-13-27(10-11-28(14)19-12-23-8-9-24-19)21-16(3)15(2)20(25-26-21)17-4-6-18(22)7-5-17/h4-9,12,14H,10-11,13H2,1-3H3/t14-/m1/s1. The predicted octanol–water partition coefficient (Wildman–Crippen LogP) is 3.40. The number of halogens is 1. The van der Waals surface area contributed by atoms with E-state index in [4.69, 9.17) is 0 Å². The van der Waals surface area contributed by atoms with Crippen molar-refractivity contribution in [1.82, 2.24) is 20.2 Å². The van der Waals surface area contributed by atoms with Gasteiger partial charge in [0.25, 0.3) is 0 Å². The van der Waals surface area contributed by atoms with Gasteiger partial charge in [0.1, 0.15) is 11.6 Å². The molecule has 0 saturated carbocycles. The van der Waals surface area contributed by atoms with Gasteiger partial charge >= 0.3 is 0 Å². The average molecular weight is 378 g/mol. The van der Waals surface area contributed by atoms with Crippen molar-refractivity contribution in [3.63, 3.8) is 0 Å². The molecule has 0 aliphatic carbocycles. The molecular formula is C21H23FN6. The third-order valence-electron chi connectivity index (χ3n) is 5.39. The maximum absolute atomic E-state index is 13.2. The number of nitrogens with zero attached hydrogens (tertiary/aromatic N) is 6. The molecule has 1 aromatic carbocycles. The van der Waals surface area contributed by atoms with Crippen LogP contribution < -0.4 is 9.80 Å². The highest BCUT2D eigenvalue weighted by Gasteiger charge is 2.27. The minimum atomic E-state index is -0.252. The highest BCUT2D eigenvalue weighted by molar-refractivity contribution is 5.67. The molecule has 1 fully saturated rings. The third-order valence-corrected chi connectivity index (χ3v) is 5.39. The minimum Gasteiger partial charge on any atom is -0.351 e. The summed E-state index contributed by atoms with van der Waals surface area (Å²) in [6.07, 6.45) is 5.22. The Balaban J connectivity index is 1.57. The van der Waals surface area contributed by atoms with Gasteiger partial charge in [0.2, 0.25) is 0 Å². The number of benzene rings is 1. The molecule has 2 aromatic heterocycles. The van der Waals surface area contributed by atoms with Crippen molar-refractivity contribution >= 4 is 11.6 Å². The Morgan fingerprint density at radius 3 is 2.46 bits per heavy atom. The molecule has 0 amide bonds. The molecule has 0 radical (unpaired) electrons. The van der Waals surface area contributed by atoms with Gasteiger partial charge in [-0.1, -0.05) is 0 Å². The van der Waals surface area contributed by atoms with Gasteiger partial charge < -0.3 is 9.80 Å². The van der Waals surface area contributed by atoms with E-state index >= 15 is 0 Å². The maximum Gasteiger partial charge on any atom is 0.154 e. The fourth-order valence-electron chi connectivity index (χ4n) is 3.70. The van der Waals surface area contributed by atoms with E-state index in [0.717, 1.165) is 53.7 Å². The molecule has 0 unspecified atom stereocenters. The molecule has 1 saturated heterocycles. The van der Waals surface area contributed by atoms with E-state index in [-0.39, 0.29) is 11.9 Å². The van der Waals surface area contributed by atoms with Crippen LogP contribution in [0.15, 0.2) is 42.9 Å². The zero-order valence-corrected chi connectivity index (χ0v) is 16.3. The first-order valence-corrected chi connectivity index (χ1v) is 9.42. The molecule has 1 aliphatic heterocycles. The summed E-state index contributed by atoms with van der Waals surface area (Å²) in [5, 5.41) is 9.00. The highest BCUT2D eigenvalue weighted by Crippen LogP contribution is 2.29. The van der Waals surface area contributed by atoms with Crippen LogP contribution in [0.1, 0.15) is 18.1 Å². The van der Waals surface area contributed by atoms with Crippen LogP contribution in [-0.4, -0.2) is 45.8 Å². The van der Waals surface area contributed by atoms with Crippen LogP contribution in [0, 0.1) is 19.7 Å². The summed E-state index contributed by atoms with van der Waals surface area (Å²) in [7, 11) is 0. The van der Waals surface area contributed by atoms with Gasteiger partial charge in [-0.3, -0.25) is 4.98 Å². The summed E-state index contributed by atoms with van der Waals surface area (Å²) in [6.45, 7) is 8.83. The number of anilines is 2. The monoisotopic (exact) mass is 378 g/mol. The molecular weight excluding hydrogens is 355 g/mol. The quantitative estimate of drug-likeness (QED) is 0.696. The Morgan fingerprint density at radius 2 is 1.79 bits per heavy atom. The van der Waals surface area contributed by atoms with Crippen molar-refractivity contribution in [2.75, 3.05) is 29.4 Å². The van der Waals surface area contributed by atoms with Crippen LogP contribution in [0.25, 0.3) is 11.3 Å². The summed E-state index contributed by atoms with van der Waals surface area (Å²) in [6, 6.07) is 6.67. The van der Waals surface area contributed by atoms with Gasteiger partial charge in [-0.15, -0.1) is 10.2 Å². The lowest BCUT2D eigenvalue weighted by Crippen LogP contribution is -2.53. The third kappa shape index (κ3) is 3.40. The summed E-state index contributed by atoms with van der Waals surface area (Å²) < 4.78 is 13.2. The fraction of sp³-hybridized carbons (Fsp3) is 0.333. The van der Waals surface area contributed by atoms with E-state index in [1.54, 1.807) is 30.7 Å². The van der Waals surface area contributed by atoms with Crippen LogP contribution in [0.5, 0.6) is 0 Å².